The molecule has 0 unspecified atom stereocenters. The van der Waals surface area contributed by atoms with Crippen LogP contribution in [0.2, 0.25) is 0 Å². The molecule has 0 aliphatic heterocycles. The van der Waals surface area contributed by atoms with Crippen molar-refractivity contribution in [3.05, 3.63) is 109 Å². The van der Waals surface area contributed by atoms with Crippen LogP contribution in [0, 0.1) is 11.6 Å². The molecule has 0 amide bonds. The number of ether oxygens (including phenoxy) is 3. The van der Waals surface area contributed by atoms with Crippen molar-refractivity contribution in [2.24, 2.45) is 0 Å². The van der Waals surface area contributed by atoms with E-state index in [1.165, 1.54) is 38.1 Å². The van der Waals surface area contributed by atoms with Crippen LogP contribution in [-0.4, -0.2) is 11.9 Å². The van der Waals surface area contributed by atoms with Gasteiger partial charge in [-0.3, -0.25) is 0 Å². The van der Waals surface area contributed by atoms with Gasteiger partial charge >= 0.3 is 11.9 Å². The number of benzene rings is 3. The smallest absolute Gasteiger partial charge is 0.338 e. The molecule has 0 heterocycles. The first-order chi connectivity index (χ1) is 16.7. The molecule has 0 atom stereocenters. The standard InChI is InChI=1S/C28H22F2O5/c1-17(2)27(31)34-14-13-33-26-12-9-21(15-25(26)30)19-5-7-20(8-6-19)23-11-10-22(16-24(23)29)35-28(32)18(3)4/h5-16H,1,3H2,2,4H3. The second-order valence-electron chi connectivity index (χ2n) is 7.61. The average molecular weight is 476 g/mol. The van der Waals surface area contributed by atoms with Gasteiger partial charge in [0.1, 0.15) is 24.1 Å². The highest BCUT2D eigenvalue weighted by atomic mass is 19.1. The molecular weight excluding hydrogens is 454 g/mol. The molecule has 0 spiro atoms. The predicted octanol–water partition coefficient (Wildman–Crippen LogP) is 6.75. The lowest BCUT2D eigenvalue weighted by molar-refractivity contribution is -0.133. The predicted molar refractivity (Wildman–Crippen MR) is 128 cm³/mol. The Morgan fingerprint density at radius 1 is 0.743 bits per heavy atom. The summed E-state index contributed by atoms with van der Waals surface area (Å²) in [5, 5.41) is 0. The van der Waals surface area contributed by atoms with E-state index in [9.17, 15) is 18.4 Å². The fraction of sp³-hybridized carbons (Fsp3) is 0.0714. The van der Waals surface area contributed by atoms with E-state index in [2.05, 4.69) is 13.2 Å². The zero-order valence-corrected chi connectivity index (χ0v) is 19.1. The van der Waals surface area contributed by atoms with Gasteiger partial charge in [0, 0.05) is 22.8 Å². The molecule has 7 heteroatoms. The van der Waals surface area contributed by atoms with E-state index in [0.29, 0.717) is 22.3 Å². The number of carbonyl (C=O) groups excluding carboxylic acids is 2. The summed E-state index contributed by atoms with van der Waals surface area (Å²) < 4.78 is 44.0. The third-order valence-corrected chi connectivity index (χ3v) is 4.73. The van der Waals surface area contributed by atoms with Gasteiger partial charge in [-0.1, -0.05) is 43.5 Å². The second-order valence-corrected chi connectivity index (χ2v) is 7.61. The lowest BCUT2D eigenvalue weighted by atomic mass is 10.00. The Morgan fingerprint density at radius 3 is 1.97 bits per heavy atom. The minimum Gasteiger partial charge on any atom is -0.459 e. The molecule has 3 aromatic rings. The van der Waals surface area contributed by atoms with E-state index in [1.54, 1.807) is 30.3 Å². The van der Waals surface area contributed by atoms with Gasteiger partial charge in [0.2, 0.25) is 0 Å². The van der Waals surface area contributed by atoms with Crippen LogP contribution >= 0.6 is 0 Å². The number of carbonyl (C=O) groups is 2. The first kappa shape index (κ1) is 25.1. The van der Waals surface area contributed by atoms with E-state index in [1.807, 2.05) is 0 Å². The highest BCUT2D eigenvalue weighted by Crippen LogP contribution is 2.30. The third kappa shape index (κ3) is 6.51. The summed E-state index contributed by atoms with van der Waals surface area (Å²) >= 11 is 0. The van der Waals surface area contributed by atoms with Gasteiger partial charge in [-0.2, -0.15) is 0 Å². The van der Waals surface area contributed by atoms with Crippen molar-refractivity contribution < 1.29 is 32.6 Å². The highest BCUT2D eigenvalue weighted by Gasteiger charge is 2.11. The summed E-state index contributed by atoms with van der Waals surface area (Å²) in [7, 11) is 0. The minimum atomic E-state index is -0.632. The Balaban J connectivity index is 1.71. The summed E-state index contributed by atoms with van der Waals surface area (Å²) in [4.78, 5) is 22.9. The number of esters is 2. The molecule has 0 radical (unpaired) electrons. The molecule has 0 saturated heterocycles. The van der Waals surface area contributed by atoms with Crippen LogP contribution in [0.1, 0.15) is 13.8 Å². The van der Waals surface area contributed by atoms with Gasteiger partial charge < -0.3 is 14.2 Å². The van der Waals surface area contributed by atoms with Crippen molar-refractivity contribution in [2.45, 2.75) is 13.8 Å². The quantitative estimate of drug-likeness (QED) is 0.156. The molecule has 3 aromatic carbocycles. The van der Waals surface area contributed by atoms with Crippen LogP contribution in [-0.2, 0) is 14.3 Å². The van der Waals surface area contributed by atoms with Gasteiger partial charge in [0.05, 0.1) is 0 Å². The fourth-order valence-electron chi connectivity index (χ4n) is 2.90. The maximum atomic E-state index is 14.6. The highest BCUT2D eigenvalue weighted by molar-refractivity contribution is 5.89. The molecule has 3 rings (SSSR count). The molecule has 0 aromatic heterocycles. The summed E-state index contributed by atoms with van der Waals surface area (Å²) in [5.41, 5.74) is 2.64. The Kier molecular flexibility index (Phi) is 7.94. The molecule has 0 N–H and O–H groups in total. The molecule has 0 bridgehead atoms. The summed E-state index contributed by atoms with van der Waals surface area (Å²) in [6.45, 7) is 9.93. The van der Waals surface area contributed by atoms with E-state index >= 15 is 0 Å². The van der Waals surface area contributed by atoms with Crippen molar-refractivity contribution in [3.8, 4) is 33.8 Å². The maximum Gasteiger partial charge on any atom is 0.338 e. The lowest BCUT2D eigenvalue weighted by Gasteiger charge is -2.09. The van der Waals surface area contributed by atoms with Crippen LogP contribution in [0.25, 0.3) is 22.3 Å². The zero-order chi connectivity index (χ0) is 25.5. The van der Waals surface area contributed by atoms with Crippen molar-refractivity contribution in [1.29, 1.82) is 0 Å². The Labute approximate surface area is 201 Å². The van der Waals surface area contributed by atoms with Crippen molar-refractivity contribution in [3.63, 3.8) is 0 Å². The van der Waals surface area contributed by atoms with Crippen molar-refractivity contribution in [2.75, 3.05) is 0 Å². The zero-order valence-electron chi connectivity index (χ0n) is 19.1. The summed E-state index contributed by atoms with van der Waals surface area (Å²) in [6.07, 6.45) is 2.05. The van der Waals surface area contributed by atoms with E-state index in [4.69, 9.17) is 14.2 Å². The Morgan fingerprint density at radius 2 is 1.37 bits per heavy atom. The molecule has 0 aliphatic rings. The van der Waals surface area contributed by atoms with Crippen LogP contribution in [0.4, 0.5) is 8.78 Å². The van der Waals surface area contributed by atoms with E-state index in [0.717, 1.165) is 18.6 Å². The molecule has 35 heavy (non-hydrogen) atoms. The van der Waals surface area contributed by atoms with Crippen LogP contribution in [0.5, 0.6) is 11.5 Å². The molecule has 5 nitrogen and oxygen atoms in total. The SMILES string of the molecule is C=C(C)C(=O)OC=COc1ccc(-c2ccc(-c3ccc(OC(=O)C(=C)C)cc3F)cc2)cc1F. The molecule has 178 valence electrons. The normalized spacial score (nSPS) is 10.6. The molecule has 0 fully saturated rings. The maximum absolute atomic E-state index is 14.6. The van der Waals surface area contributed by atoms with E-state index < -0.39 is 23.6 Å². The Bertz CT molecular complexity index is 1320. The number of halogens is 2. The number of rotatable bonds is 8. The van der Waals surface area contributed by atoms with Gasteiger partial charge in [-0.05, 0) is 54.8 Å². The fourth-order valence-corrected chi connectivity index (χ4v) is 2.90. The van der Waals surface area contributed by atoms with Gasteiger partial charge in [-0.25, -0.2) is 18.4 Å². The Hall–Kier alpha value is -4.52. The number of hydrogen-bond acceptors (Lipinski definition) is 5. The number of hydrogen-bond donors (Lipinski definition) is 0. The van der Waals surface area contributed by atoms with Crippen LogP contribution < -0.4 is 9.47 Å². The first-order valence-electron chi connectivity index (χ1n) is 10.4. The summed E-state index contributed by atoms with van der Waals surface area (Å²) in [5.74, 6) is -2.40. The van der Waals surface area contributed by atoms with Crippen LogP contribution in [0.3, 0.4) is 0 Å². The van der Waals surface area contributed by atoms with Gasteiger partial charge in [0.25, 0.3) is 0 Å². The average Bonchev–Trinajstić information content (AvgIpc) is 2.82. The first-order valence-corrected chi connectivity index (χ1v) is 10.4. The topological polar surface area (TPSA) is 61.8 Å². The van der Waals surface area contributed by atoms with E-state index in [-0.39, 0.29) is 22.6 Å². The molecular formula is C28H22F2O5. The molecule has 0 aliphatic carbocycles. The monoisotopic (exact) mass is 476 g/mol. The summed E-state index contributed by atoms with van der Waals surface area (Å²) in [6, 6.07) is 15.4. The molecule has 0 saturated carbocycles. The third-order valence-electron chi connectivity index (χ3n) is 4.73. The van der Waals surface area contributed by atoms with Crippen molar-refractivity contribution >= 4 is 11.9 Å². The minimum absolute atomic E-state index is 0.0532. The largest absolute Gasteiger partial charge is 0.459 e. The van der Waals surface area contributed by atoms with Gasteiger partial charge in [0.15, 0.2) is 11.6 Å². The second kappa shape index (κ2) is 11.1. The van der Waals surface area contributed by atoms with Gasteiger partial charge in [-0.15, -0.1) is 0 Å². The van der Waals surface area contributed by atoms with Crippen LogP contribution in [0.15, 0.2) is 97.5 Å². The lowest BCUT2D eigenvalue weighted by Crippen LogP contribution is -2.08. The van der Waals surface area contributed by atoms with Crippen molar-refractivity contribution in [1.82, 2.24) is 0 Å².